The molecule has 2 rings (SSSR count). The number of likely N-dealkylation sites (tertiary alicyclic amines) is 1. The fraction of sp³-hybridized carbons (Fsp3) is 0.588. The average Bonchev–Trinajstić information content (AvgIpc) is 3.01. The van der Waals surface area contributed by atoms with Crippen molar-refractivity contribution in [3.63, 3.8) is 0 Å². The van der Waals surface area contributed by atoms with Gasteiger partial charge in [-0.3, -0.25) is 4.79 Å². The molecule has 1 aromatic rings. The highest BCUT2D eigenvalue weighted by Crippen LogP contribution is 2.18. The van der Waals surface area contributed by atoms with Crippen molar-refractivity contribution in [2.75, 3.05) is 26.2 Å². The number of rotatable bonds is 6. The lowest BCUT2D eigenvalue weighted by molar-refractivity contribution is -0.129. The summed E-state index contributed by atoms with van der Waals surface area (Å²) in [7, 11) is 0. The average molecular weight is 290 g/mol. The molecule has 4 heteroatoms. The second kappa shape index (κ2) is 7.57. The number of hydrogen-bond donors (Lipinski definition) is 2. The van der Waals surface area contributed by atoms with Crippen LogP contribution < -0.4 is 5.32 Å². The van der Waals surface area contributed by atoms with Crippen LogP contribution in [-0.2, 0) is 4.79 Å². The molecule has 2 N–H and O–H groups in total. The van der Waals surface area contributed by atoms with Gasteiger partial charge in [0.05, 0.1) is 12.6 Å². The first-order valence-corrected chi connectivity index (χ1v) is 7.84. The minimum Gasteiger partial charge on any atom is -0.387 e. The summed E-state index contributed by atoms with van der Waals surface area (Å²) in [6.07, 6.45) is 1.64. The maximum Gasteiger partial charge on any atom is 0.236 e. The summed E-state index contributed by atoms with van der Waals surface area (Å²) in [5.74, 6) is 0.627. The standard InChI is InChI=1S/C17H26N2O2/c1-13(2)14-5-7-15(8-6-14)16(20)11-18-12-17(21)19-9-3-4-10-19/h5-8,13,16,18,20H,3-4,9-12H2,1-2H3. The first-order chi connectivity index (χ1) is 10.1. The largest absolute Gasteiger partial charge is 0.387 e. The molecule has 0 aromatic heterocycles. The van der Waals surface area contributed by atoms with Crippen LogP contribution in [0.5, 0.6) is 0 Å². The zero-order valence-electron chi connectivity index (χ0n) is 13.0. The SMILES string of the molecule is CC(C)c1ccc(C(O)CNCC(=O)N2CCCC2)cc1. The molecule has 21 heavy (non-hydrogen) atoms. The Labute approximate surface area is 127 Å². The fourth-order valence-corrected chi connectivity index (χ4v) is 2.62. The Bertz CT molecular complexity index is 450. The second-order valence-corrected chi connectivity index (χ2v) is 6.06. The van der Waals surface area contributed by atoms with Crippen molar-refractivity contribution in [3.8, 4) is 0 Å². The molecule has 1 aromatic carbocycles. The maximum atomic E-state index is 11.9. The first-order valence-electron chi connectivity index (χ1n) is 7.84. The summed E-state index contributed by atoms with van der Waals surface area (Å²) >= 11 is 0. The van der Waals surface area contributed by atoms with Crippen molar-refractivity contribution in [2.24, 2.45) is 0 Å². The fourth-order valence-electron chi connectivity index (χ4n) is 2.62. The van der Waals surface area contributed by atoms with Crippen LogP contribution in [0, 0.1) is 0 Å². The zero-order valence-corrected chi connectivity index (χ0v) is 13.0. The lowest BCUT2D eigenvalue weighted by atomic mass is 10.00. The second-order valence-electron chi connectivity index (χ2n) is 6.06. The minimum absolute atomic E-state index is 0.134. The van der Waals surface area contributed by atoms with Gasteiger partial charge in [0, 0.05) is 19.6 Å². The molecule has 0 bridgehead atoms. The van der Waals surface area contributed by atoms with Crippen molar-refractivity contribution in [1.82, 2.24) is 10.2 Å². The van der Waals surface area contributed by atoms with Crippen LogP contribution in [0.25, 0.3) is 0 Å². The van der Waals surface area contributed by atoms with E-state index in [1.807, 2.05) is 17.0 Å². The number of amides is 1. The lowest BCUT2D eigenvalue weighted by Gasteiger charge is -2.17. The van der Waals surface area contributed by atoms with E-state index >= 15 is 0 Å². The van der Waals surface area contributed by atoms with E-state index in [0.717, 1.165) is 31.5 Å². The van der Waals surface area contributed by atoms with Crippen molar-refractivity contribution in [1.29, 1.82) is 0 Å². The maximum absolute atomic E-state index is 11.9. The first kappa shape index (κ1) is 16.0. The molecule has 116 valence electrons. The number of nitrogens with zero attached hydrogens (tertiary/aromatic N) is 1. The van der Waals surface area contributed by atoms with E-state index in [-0.39, 0.29) is 5.91 Å². The molecule has 0 spiro atoms. The predicted molar refractivity (Wildman–Crippen MR) is 84.2 cm³/mol. The summed E-state index contributed by atoms with van der Waals surface area (Å²) in [4.78, 5) is 13.8. The van der Waals surface area contributed by atoms with E-state index in [4.69, 9.17) is 0 Å². The number of benzene rings is 1. The van der Waals surface area contributed by atoms with E-state index in [1.54, 1.807) is 0 Å². The van der Waals surface area contributed by atoms with Gasteiger partial charge < -0.3 is 15.3 Å². The highest BCUT2D eigenvalue weighted by Gasteiger charge is 2.17. The van der Waals surface area contributed by atoms with E-state index in [2.05, 4.69) is 31.3 Å². The van der Waals surface area contributed by atoms with Crippen LogP contribution in [0.2, 0.25) is 0 Å². The highest BCUT2D eigenvalue weighted by molar-refractivity contribution is 5.78. The third kappa shape index (κ3) is 4.55. The number of carbonyl (C=O) groups excluding carboxylic acids is 1. The number of carbonyl (C=O) groups is 1. The van der Waals surface area contributed by atoms with E-state index < -0.39 is 6.10 Å². The third-order valence-corrected chi connectivity index (χ3v) is 4.06. The Morgan fingerprint density at radius 2 is 1.76 bits per heavy atom. The van der Waals surface area contributed by atoms with Crippen LogP contribution in [0.4, 0.5) is 0 Å². The molecular weight excluding hydrogens is 264 g/mol. The Morgan fingerprint density at radius 3 is 2.33 bits per heavy atom. The molecule has 4 nitrogen and oxygen atoms in total. The summed E-state index contributed by atoms with van der Waals surface area (Å²) in [5.41, 5.74) is 2.16. The smallest absolute Gasteiger partial charge is 0.236 e. The van der Waals surface area contributed by atoms with E-state index in [0.29, 0.717) is 19.0 Å². The number of aliphatic hydroxyl groups is 1. The van der Waals surface area contributed by atoms with Crippen LogP contribution in [0.3, 0.4) is 0 Å². The molecule has 1 saturated heterocycles. The van der Waals surface area contributed by atoms with E-state index in [9.17, 15) is 9.90 Å². The van der Waals surface area contributed by atoms with Gasteiger partial charge in [-0.2, -0.15) is 0 Å². The van der Waals surface area contributed by atoms with Gasteiger partial charge in [0.1, 0.15) is 0 Å². The molecule has 1 unspecified atom stereocenters. The Hall–Kier alpha value is -1.39. The molecule has 0 radical (unpaired) electrons. The normalized spacial score (nSPS) is 16.5. The zero-order chi connectivity index (χ0) is 15.2. The van der Waals surface area contributed by atoms with Crippen LogP contribution in [0.15, 0.2) is 24.3 Å². The topological polar surface area (TPSA) is 52.6 Å². The number of aliphatic hydroxyl groups excluding tert-OH is 1. The Balaban J connectivity index is 1.76. The third-order valence-electron chi connectivity index (χ3n) is 4.06. The van der Waals surface area contributed by atoms with Gasteiger partial charge in [-0.15, -0.1) is 0 Å². The molecule has 1 heterocycles. The van der Waals surface area contributed by atoms with Gasteiger partial charge in [-0.25, -0.2) is 0 Å². The Kier molecular flexibility index (Phi) is 5.76. The highest BCUT2D eigenvalue weighted by atomic mass is 16.3. The van der Waals surface area contributed by atoms with Crippen molar-refractivity contribution in [2.45, 2.75) is 38.7 Å². The summed E-state index contributed by atoms with van der Waals surface area (Å²) in [6, 6.07) is 8.03. The van der Waals surface area contributed by atoms with Crippen molar-refractivity contribution < 1.29 is 9.90 Å². The molecule has 0 saturated carbocycles. The van der Waals surface area contributed by atoms with Gasteiger partial charge in [-0.1, -0.05) is 38.1 Å². The van der Waals surface area contributed by atoms with Crippen molar-refractivity contribution in [3.05, 3.63) is 35.4 Å². The molecule has 1 amide bonds. The number of nitrogens with one attached hydrogen (secondary N) is 1. The summed E-state index contributed by atoms with van der Waals surface area (Å²) < 4.78 is 0. The molecule has 0 aliphatic carbocycles. The summed E-state index contributed by atoms with van der Waals surface area (Å²) in [5, 5.41) is 13.2. The van der Waals surface area contributed by atoms with Crippen LogP contribution in [-0.4, -0.2) is 42.1 Å². The van der Waals surface area contributed by atoms with Gasteiger partial charge in [0.25, 0.3) is 0 Å². The van der Waals surface area contributed by atoms with Crippen LogP contribution in [0.1, 0.15) is 49.8 Å². The minimum atomic E-state index is -0.572. The van der Waals surface area contributed by atoms with Gasteiger partial charge in [-0.05, 0) is 29.9 Å². The molecular formula is C17H26N2O2. The van der Waals surface area contributed by atoms with Crippen molar-refractivity contribution >= 4 is 5.91 Å². The van der Waals surface area contributed by atoms with Crippen LogP contribution >= 0.6 is 0 Å². The summed E-state index contributed by atoms with van der Waals surface area (Å²) in [6.45, 7) is 6.76. The lowest BCUT2D eigenvalue weighted by Crippen LogP contribution is -2.37. The van der Waals surface area contributed by atoms with Gasteiger partial charge in [0.2, 0.25) is 5.91 Å². The molecule has 1 fully saturated rings. The van der Waals surface area contributed by atoms with Gasteiger partial charge >= 0.3 is 0 Å². The number of hydrogen-bond acceptors (Lipinski definition) is 3. The quantitative estimate of drug-likeness (QED) is 0.843. The predicted octanol–water partition coefficient (Wildman–Crippen LogP) is 2.06. The van der Waals surface area contributed by atoms with E-state index in [1.165, 1.54) is 5.56 Å². The van der Waals surface area contributed by atoms with Gasteiger partial charge in [0.15, 0.2) is 0 Å². The Morgan fingerprint density at radius 1 is 1.19 bits per heavy atom. The molecule has 1 atom stereocenters. The monoisotopic (exact) mass is 290 g/mol. The molecule has 1 aliphatic heterocycles. The molecule has 1 aliphatic rings.